The summed E-state index contributed by atoms with van der Waals surface area (Å²) in [5.74, 6) is -0.0754. The van der Waals surface area contributed by atoms with Gasteiger partial charge in [0.2, 0.25) is 0 Å². The van der Waals surface area contributed by atoms with Gasteiger partial charge in [-0.25, -0.2) is 0 Å². The highest BCUT2D eigenvalue weighted by atomic mass is 79.9. The molecule has 17 heavy (non-hydrogen) atoms. The minimum atomic E-state index is -0.817. The molecule has 0 aliphatic rings. The molecule has 0 radical (unpaired) electrons. The maximum Gasteiger partial charge on any atom is 0.305 e. The van der Waals surface area contributed by atoms with Crippen molar-refractivity contribution in [3.63, 3.8) is 0 Å². The summed E-state index contributed by atoms with van der Waals surface area (Å²) >= 11 is 3.34. The third-order valence-electron chi connectivity index (χ3n) is 2.40. The Morgan fingerprint density at radius 1 is 1.41 bits per heavy atom. The molecule has 0 heterocycles. The van der Waals surface area contributed by atoms with Gasteiger partial charge in [-0.3, -0.25) is 4.79 Å². The van der Waals surface area contributed by atoms with Gasteiger partial charge in [-0.2, -0.15) is 0 Å². The number of rotatable bonds is 6. The van der Waals surface area contributed by atoms with E-state index in [9.17, 15) is 4.79 Å². The Bertz CT molecular complexity index is 365. The van der Waals surface area contributed by atoms with Crippen molar-refractivity contribution in [3.8, 4) is 5.75 Å². The third-order valence-corrected chi connectivity index (χ3v) is 2.93. The average Bonchev–Trinajstić information content (AvgIpc) is 2.25. The number of halogens is 1. The van der Waals surface area contributed by atoms with Crippen molar-refractivity contribution in [3.05, 3.63) is 28.7 Å². The molecule has 0 aromatic heterocycles. The van der Waals surface area contributed by atoms with Crippen LogP contribution in [0.1, 0.15) is 6.42 Å². The summed E-state index contributed by atoms with van der Waals surface area (Å²) in [5, 5.41) is 8.78. The number of hydrogen-bond acceptors (Lipinski definition) is 3. The molecule has 1 aromatic rings. The lowest BCUT2D eigenvalue weighted by atomic mass is 10.2. The van der Waals surface area contributed by atoms with E-state index in [1.165, 1.54) is 0 Å². The number of likely N-dealkylation sites (N-methyl/N-ethyl adjacent to an activating group) is 1. The monoisotopic (exact) mass is 301 g/mol. The summed E-state index contributed by atoms with van der Waals surface area (Å²) in [5.41, 5.74) is 0. The van der Waals surface area contributed by atoms with Gasteiger partial charge in [0.25, 0.3) is 0 Å². The molecule has 0 aliphatic carbocycles. The van der Waals surface area contributed by atoms with Gasteiger partial charge in [0.1, 0.15) is 12.4 Å². The second kappa shape index (κ2) is 6.61. The van der Waals surface area contributed by atoms with Crippen LogP contribution < -0.4 is 4.74 Å². The molecule has 0 saturated carbocycles. The van der Waals surface area contributed by atoms with Crippen molar-refractivity contribution < 1.29 is 14.6 Å². The fourth-order valence-corrected chi connectivity index (χ4v) is 1.58. The van der Waals surface area contributed by atoms with Crippen molar-refractivity contribution >= 4 is 21.9 Å². The Hall–Kier alpha value is -1.07. The highest BCUT2D eigenvalue weighted by Gasteiger charge is 2.16. The zero-order chi connectivity index (χ0) is 12.8. The summed E-state index contributed by atoms with van der Waals surface area (Å²) in [4.78, 5) is 12.5. The van der Waals surface area contributed by atoms with Gasteiger partial charge in [0.15, 0.2) is 0 Å². The number of aliphatic carboxylic acids is 1. The quantitative estimate of drug-likeness (QED) is 0.875. The molecule has 1 N–H and O–H groups in total. The summed E-state index contributed by atoms with van der Waals surface area (Å²) in [6, 6.07) is 7.33. The predicted octanol–water partition coefficient (Wildman–Crippen LogP) is 2.23. The lowest BCUT2D eigenvalue weighted by Gasteiger charge is -2.22. The molecule has 0 bridgehead atoms. The second-order valence-electron chi connectivity index (χ2n) is 3.98. The smallest absolute Gasteiger partial charge is 0.305 e. The van der Waals surface area contributed by atoms with Crippen LogP contribution in [0.25, 0.3) is 0 Å². The number of benzene rings is 1. The molecule has 0 spiro atoms. The first-order valence-electron chi connectivity index (χ1n) is 5.25. The largest absolute Gasteiger partial charge is 0.492 e. The van der Waals surface area contributed by atoms with Crippen LogP contribution in [0.5, 0.6) is 5.75 Å². The van der Waals surface area contributed by atoms with E-state index >= 15 is 0 Å². The topological polar surface area (TPSA) is 49.8 Å². The first kappa shape index (κ1) is 14.0. The Balaban J connectivity index is 2.51. The molecule has 0 amide bonds. The van der Waals surface area contributed by atoms with Gasteiger partial charge in [0.05, 0.1) is 12.5 Å². The van der Waals surface area contributed by atoms with Crippen molar-refractivity contribution in [2.45, 2.75) is 12.5 Å². The molecule has 1 aromatic carbocycles. The lowest BCUT2D eigenvalue weighted by Crippen LogP contribution is -2.35. The van der Waals surface area contributed by atoms with Gasteiger partial charge in [-0.1, -0.05) is 15.9 Å². The molecule has 5 heteroatoms. The Morgan fingerprint density at radius 2 is 2.00 bits per heavy atom. The SMILES string of the molecule is CN(C)C(COc1ccc(Br)cc1)CC(=O)O. The van der Waals surface area contributed by atoms with Gasteiger partial charge < -0.3 is 14.7 Å². The van der Waals surface area contributed by atoms with Crippen LogP contribution >= 0.6 is 15.9 Å². The van der Waals surface area contributed by atoms with E-state index in [-0.39, 0.29) is 12.5 Å². The molecular formula is C12H16BrNO3. The molecule has 0 fully saturated rings. The van der Waals surface area contributed by atoms with Crippen LogP contribution in [-0.4, -0.2) is 42.7 Å². The number of ether oxygens (including phenoxy) is 1. The number of carbonyl (C=O) groups is 1. The molecule has 0 saturated heterocycles. The zero-order valence-electron chi connectivity index (χ0n) is 9.89. The normalized spacial score (nSPS) is 12.5. The molecule has 1 atom stereocenters. The van der Waals surface area contributed by atoms with Crippen LogP contribution in [0.3, 0.4) is 0 Å². The summed E-state index contributed by atoms with van der Waals surface area (Å²) in [6.07, 6.45) is 0.0729. The first-order valence-corrected chi connectivity index (χ1v) is 6.05. The van der Waals surface area contributed by atoms with Crippen LogP contribution in [0, 0.1) is 0 Å². The van der Waals surface area contributed by atoms with Crippen molar-refractivity contribution in [1.29, 1.82) is 0 Å². The number of carboxylic acids is 1. The van der Waals surface area contributed by atoms with E-state index in [0.29, 0.717) is 6.61 Å². The summed E-state index contributed by atoms with van der Waals surface area (Å²) < 4.78 is 6.55. The zero-order valence-corrected chi connectivity index (χ0v) is 11.5. The molecule has 0 aliphatic heterocycles. The van der Waals surface area contributed by atoms with E-state index < -0.39 is 5.97 Å². The van der Waals surface area contributed by atoms with E-state index in [4.69, 9.17) is 9.84 Å². The Kier molecular flexibility index (Phi) is 5.44. The first-order chi connectivity index (χ1) is 7.99. The summed E-state index contributed by atoms with van der Waals surface area (Å²) in [7, 11) is 3.69. The average molecular weight is 302 g/mol. The van der Waals surface area contributed by atoms with Crippen LogP contribution in [-0.2, 0) is 4.79 Å². The van der Waals surface area contributed by atoms with E-state index in [1.54, 1.807) is 0 Å². The van der Waals surface area contributed by atoms with Gasteiger partial charge >= 0.3 is 5.97 Å². The summed E-state index contributed by atoms with van der Waals surface area (Å²) in [6.45, 7) is 0.362. The van der Waals surface area contributed by atoms with Crippen LogP contribution in [0.4, 0.5) is 0 Å². The molecular weight excluding hydrogens is 286 g/mol. The van der Waals surface area contributed by atoms with Gasteiger partial charge in [-0.15, -0.1) is 0 Å². The molecule has 1 unspecified atom stereocenters. The standard InChI is InChI=1S/C12H16BrNO3/c1-14(2)10(7-12(15)16)8-17-11-5-3-9(13)4-6-11/h3-6,10H,7-8H2,1-2H3,(H,15,16). The molecule has 4 nitrogen and oxygen atoms in total. The van der Waals surface area contributed by atoms with E-state index in [2.05, 4.69) is 15.9 Å². The van der Waals surface area contributed by atoms with E-state index in [1.807, 2.05) is 43.3 Å². The molecule has 94 valence electrons. The number of hydrogen-bond donors (Lipinski definition) is 1. The maximum absolute atomic E-state index is 10.7. The fourth-order valence-electron chi connectivity index (χ4n) is 1.32. The molecule has 1 rings (SSSR count). The minimum Gasteiger partial charge on any atom is -0.492 e. The second-order valence-corrected chi connectivity index (χ2v) is 4.90. The minimum absolute atomic E-state index is 0.0729. The maximum atomic E-state index is 10.7. The lowest BCUT2D eigenvalue weighted by molar-refractivity contribution is -0.138. The Morgan fingerprint density at radius 3 is 2.47 bits per heavy atom. The van der Waals surface area contributed by atoms with E-state index in [0.717, 1.165) is 10.2 Å². The highest BCUT2D eigenvalue weighted by molar-refractivity contribution is 9.10. The highest BCUT2D eigenvalue weighted by Crippen LogP contribution is 2.16. The van der Waals surface area contributed by atoms with Gasteiger partial charge in [-0.05, 0) is 38.4 Å². The fraction of sp³-hybridized carbons (Fsp3) is 0.417. The van der Waals surface area contributed by atoms with Crippen molar-refractivity contribution in [2.24, 2.45) is 0 Å². The van der Waals surface area contributed by atoms with Crippen molar-refractivity contribution in [1.82, 2.24) is 4.90 Å². The predicted molar refractivity (Wildman–Crippen MR) is 69.4 cm³/mol. The van der Waals surface area contributed by atoms with Crippen LogP contribution in [0.15, 0.2) is 28.7 Å². The number of nitrogens with zero attached hydrogens (tertiary/aromatic N) is 1. The van der Waals surface area contributed by atoms with Crippen molar-refractivity contribution in [2.75, 3.05) is 20.7 Å². The van der Waals surface area contributed by atoms with Gasteiger partial charge in [0, 0.05) is 4.47 Å². The number of carboxylic acid groups (broad SMARTS) is 1. The Labute approximate surface area is 109 Å². The van der Waals surface area contributed by atoms with Crippen LogP contribution in [0.2, 0.25) is 0 Å². The third kappa shape index (κ3) is 5.19.